The number of hydrogen-bond acceptors (Lipinski definition) is 5. The van der Waals surface area contributed by atoms with Gasteiger partial charge in [0.25, 0.3) is 5.91 Å². The van der Waals surface area contributed by atoms with Crippen molar-refractivity contribution >= 4 is 44.0 Å². The number of carbonyl (C=O) groups excluding carboxylic acids is 2. The van der Waals surface area contributed by atoms with Crippen LogP contribution in [-0.4, -0.2) is 58.8 Å². The molecule has 1 fully saturated rings. The zero-order valence-electron chi connectivity index (χ0n) is 21.0. The molecule has 0 bridgehead atoms. The molecule has 2 amide bonds. The summed E-state index contributed by atoms with van der Waals surface area (Å²) in [6.45, 7) is 9.00. The second-order valence-electron chi connectivity index (χ2n) is 9.30. The first-order valence-corrected chi connectivity index (χ1v) is 13.7. The van der Waals surface area contributed by atoms with E-state index in [0.717, 1.165) is 77.6 Å². The van der Waals surface area contributed by atoms with Crippen molar-refractivity contribution in [3.8, 4) is 11.3 Å². The van der Waals surface area contributed by atoms with Gasteiger partial charge in [-0.15, -0.1) is 0 Å². The summed E-state index contributed by atoms with van der Waals surface area (Å²) in [5.74, 6) is 0.165. The van der Waals surface area contributed by atoms with Crippen LogP contribution in [-0.2, 0) is 4.79 Å². The molecule has 0 aliphatic carbocycles. The number of nitrogens with one attached hydrogen (secondary N) is 1. The molecule has 2 aromatic carbocycles. The van der Waals surface area contributed by atoms with Gasteiger partial charge in [0.05, 0.1) is 15.9 Å². The summed E-state index contributed by atoms with van der Waals surface area (Å²) >= 11 is 1.59. The van der Waals surface area contributed by atoms with Crippen LogP contribution in [0.3, 0.4) is 0 Å². The molecule has 1 saturated heterocycles. The first kappa shape index (κ1) is 24.5. The molecule has 0 spiro atoms. The summed E-state index contributed by atoms with van der Waals surface area (Å²) in [5.41, 5.74) is 4.59. The Balaban J connectivity index is 1.26. The van der Waals surface area contributed by atoms with Gasteiger partial charge in [-0.05, 0) is 69.2 Å². The number of imidazole rings is 1. The number of nitrogens with zero attached hydrogens (tertiary/aromatic N) is 4. The van der Waals surface area contributed by atoms with Gasteiger partial charge in [0.1, 0.15) is 0 Å². The molecule has 7 nitrogen and oxygen atoms in total. The molecule has 1 aliphatic heterocycles. The van der Waals surface area contributed by atoms with Crippen molar-refractivity contribution in [1.82, 2.24) is 19.6 Å². The Kier molecular flexibility index (Phi) is 7.34. The fourth-order valence-electron chi connectivity index (χ4n) is 4.87. The number of thiazole rings is 1. The van der Waals surface area contributed by atoms with E-state index in [1.807, 2.05) is 53.6 Å². The molecule has 4 aromatic rings. The highest BCUT2D eigenvalue weighted by Gasteiger charge is 2.21. The van der Waals surface area contributed by atoms with E-state index in [1.54, 1.807) is 11.3 Å². The summed E-state index contributed by atoms with van der Waals surface area (Å²) in [5, 5.41) is 3.06. The number of benzene rings is 2. The van der Waals surface area contributed by atoms with Crippen LogP contribution >= 0.6 is 11.3 Å². The first-order valence-electron chi connectivity index (χ1n) is 12.9. The monoisotopic (exact) mass is 503 g/mol. The third-order valence-corrected chi connectivity index (χ3v) is 7.85. The van der Waals surface area contributed by atoms with Crippen LogP contribution in [0.5, 0.6) is 0 Å². The van der Waals surface area contributed by atoms with E-state index in [2.05, 4.69) is 28.5 Å². The topological polar surface area (TPSA) is 70.0 Å². The fraction of sp³-hybridized carbons (Fsp3) is 0.393. The number of aromatic nitrogens is 2. The molecule has 8 heteroatoms. The minimum Gasteiger partial charge on any atom is -0.352 e. The molecule has 0 radical (unpaired) electrons. The second kappa shape index (κ2) is 10.8. The minimum atomic E-state index is -0.0289. The average molecular weight is 504 g/mol. The molecule has 0 atom stereocenters. The predicted molar refractivity (Wildman–Crippen MR) is 147 cm³/mol. The summed E-state index contributed by atoms with van der Waals surface area (Å²) in [4.78, 5) is 34.7. The standard InChI is InChI=1S/C28H33N5O2S/c1-3-15-31(4-2)16-6-14-29-27(35)21-10-13-24-25(18-21)36-28-30-23(19-33(24)28)20-8-11-22(12-9-20)32-17-5-7-26(32)34/h8-13,18-19H,3-7,14-17H2,1-2H3,(H,29,35). The van der Waals surface area contributed by atoms with Gasteiger partial charge in [0.2, 0.25) is 5.91 Å². The van der Waals surface area contributed by atoms with Crippen LogP contribution in [0.1, 0.15) is 49.9 Å². The van der Waals surface area contributed by atoms with Crippen LogP contribution < -0.4 is 10.2 Å². The van der Waals surface area contributed by atoms with Gasteiger partial charge in [-0.2, -0.15) is 0 Å². The van der Waals surface area contributed by atoms with Crippen molar-refractivity contribution in [2.45, 2.75) is 39.5 Å². The highest BCUT2D eigenvalue weighted by atomic mass is 32.1. The lowest BCUT2D eigenvalue weighted by atomic mass is 10.1. The zero-order valence-corrected chi connectivity index (χ0v) is 21.8. The molecule has 36 heavy (non-hydrogen) atoms. The molecule has 0 unspecified atom stereocenters. The summed E-state index contributed by atoms with van der Waals surface area (Å²) in [6.07, 6.45) is 5.70. The van der Waals surface area contributed by atoms with Gasteiger partial charge < -0.3 is 15.1 Å². The average Bonchev–Trinajstić information content (AvgIpc) is 3.59. The number of carbonyl (C=O) groups is 2. The second-order valence-corrected chi connectivity index (χ2v) is 10.3. The Bertz CT molecular complexity index is 1370. The molecule has 1 aliphatic rings. The SMILES string of the molecule is CCCN(CC)CCCNC(=O)c1ccc2c(c1)sc1nc(-c3ccc(N4CCCC4=O)cc3)cn12. The fourth-order valence-corrected chi connectivity index (χ4v) is 5.91. The maximum Gasteiger partial charge on any atom is 0.251 e. The number of anilines is 1. The molecular formula is C28H33N5O2S. The van der Waals surface area contributed by atoms with Crippen LogP contribution in [0.25, 0.3) is 26.4 Å². The smallest absolute Gasteiger partial charge is 0.251 e. The predicted octanol–water partition coefficient (Wildman–Crippen LogP) is 5.19. The number of amides is 2. The number of rotatable bonds is 10. The summed E-state index contributed by atoms with van der Waals surface area (Å²) in [7, 11) is 0. The van der Waals surface area contributed by atoms with Crippen LogP contribution in [0.2, 0.25) is 0 Å². The van der Waals surface area contributed by atoms with Crippen LogP contribution in [0, 0.1) is 0 Å². The molecule has 1 N–H and O–H groups in total. The normalized spacial score (nSPS) is 14.0. The Morgan fingerprint density at radius 1 is 1.14 bits per heavy atom. The largest absolute Gasteiger partial charge is 0.352 e. The lowest BCUT2D eigenvalue weighted by Gasteiger charge is -2.19. The van der Waals surface area contributed by atoms with E-state index in [-0.39, 0.29) is 11.8 Å². The van der Waals surface area contributed by atoms with Crippen molar-refractivity contribution < 1.29 is 9.59 Å². The van der Waals surface area contributed by atoms with Gasteiger partial charge in [-0.25, -0.2) is 4.98 Å². The highest BCUT2D eigenvalue weighted by Crippen LogP contribution is 2.31. The minimum absolute atomic E-state index is 0.0289. The van der Waals surface area contributed by atoms with E-state index in [1.165, 1.54) is 0 Å². The third-order valence-electron chi connectivity index (χ3n) is 6.83. The van der Waals surface area contributed by atoms with Gasteiger partial charge in [0, 0.05) is 42.5 Å². The Morgan fingerprint density at radius 2 is 1.97 bits per heavy atom. The molecule has 3 heterocycles. The third kappa shape index (κ3) is 5.01. The van der Waals surface area contributed by atoms with Crippen molar-refractivity contribution in [2.75, 3.05) is 37.6 Å². The lowest BCUT2D eigenvalue weighted by molar-refractivity contribution is -0.117. The molecule has 2 aromatic heterocycles. The maximum absolute atomic E-state index is 12.7. The van der Waals surface area contributed by atoms with Gasteiger partial charge in [0.15, 0.2) is 4.96 Å². The van der Waals surface area contributed by atoms with E-state index in [0.29, 0.717) is 18.5 Å². The quantitative estimate of drug-likeness (QED) is 0.302. The van der Waals surface area contributed by atoms with Crippen LogP contribution in [0.4, 0.5) is 5.69 Å². The zero-order chi connectivity index (χ0) is 25.1. The van der Waals surface area contributed by atoms with Crippen molar-refractivity contribution in [3.05, 3.63) is 54.2 Å². The Morgan fingerprint density at radius 3 is 2.69 bits per heavy atom. The van der Waals surface area contributed by atoms with Gasteiger partial charge in [-0.3, -0.25) is 14.0 Å². The molecular weight excluding hydrogens is 470 g/mol. The van der Waals surface area contributed by atoms with Crippen molar-refractivity contribution in [3.63, 3.8) is 0 Å². The Labute approximate surface area is 215 Å². The van der Waals surface area contributed by atoms with E-state index in [4.69, 9.17) is 4.98 Å². The molecule has 188 valence electrons. The van der Waals surface area contributed by atoms with Gasteiger partial charge in [-0.1, -0.05) is 37.3 Å². The van der Waals surface area contributed by atoms with E-state index in [9.17, 15) is 9.59 Å². The van der Waals surface area contributed by atoms with E-state index < -0.39 is 0 Å². The molecule has 0 saturated carbocycles. The lowest BCUT2D eigenvalue weighted by Crippen LogP contribution is -2.30. The molecule has 5 rings (SSSR count). The van der Waals surface area contributed by atoms with Crippen molar-refractivity contribution in [1.29, 1.82) is 0 Å². The van der Waals surface area contributed by atoms with Crippen molar-refractivity contribution in [2.24, 2.45) is 0 Å². The van der Waals surface area contributed by atoms with E-state index >= 15 is 0 Å². The van der Waals surface area contributed by atoms with Crippen LogP contribution in [0.15, 0.2) is 48.7 Å². The Hall–Kier alpha value is -3.23. The summed E-state index contributed by atoms with van der Waals surface area (Å²) < 4.78 is 3.13. The number of fused-ring (bicyclic) bond motifs is 3. The number of hydrogen-bond donors (Lipinski definition) is 1. The summed E-state index contributed by atoms with van der Waals surface area (Å²) in [6, 6.07) is 13.9. The van der Waals surface area contributed by atoms with Gasteiger partial charge >= 0.3 is 0 Å². The maximum atomic E-state index is 12.7. The first-order chi connectivity index (χ1) is 17.6. The highest BCUT2D eigenvalue weighted by molar-refractivity contribution is 7.23.